The first-order chi connectivity index (χ1) is 6.75. The number of anilines is 2. The van der Waals surface area contributed by atoms with Crippen LogP contribution in [0.3, 0.4) is 0 Å². The molecule has 0 amide bonds. The quantitative estimate of drug-likeness (QED) is 0.722. The van der Waals surface area contributed by atoms with Gasteiger partial charge in [-0.3, -0.25) is 4.21 Å². The molecule has 76 valence electrons. The third-order valence-electron chi connectivity index (χ3n) is 2.27. The Hall–Kier alpha value is -1.10. The van der Waals surface area contributed by atoms with Crippen LogP contribution in [0, 0.1) is 0 Å². The first-order valence-electron chi connectivity index (χ1n) is 4.57. The SMILES string of the molecule is Nc1ccc(N2CCS(=O)CC2)nc1. The Morgan fingerprint density at radius 2 is 2.07 bits per heavy atom. The van der Waals surface area contributed by atoms with E-state index in [-0.39, 0.29) is 0 Å². The Bertz CT molecular complexity index is 328. The highest BCUT2D eigenvalue weighted by atomic mass is 32.2. The molecule has 1 saturated heterocycles. The van der Waals surface area contributed by atoms with Gasteiger partial charge in [0.05, 0.1) is 11.9 Å². The maximum atomic E-state index is 11.1. The van der Waals surface area contributed by atoms with Gasteiger partial charge in [0, 0.05) is 35.4 Å². The molecule has 1 aliphatic heterocycles. The Morgan fingerprint density at radius 1 is 1.36 bits per heavy atom. The van der Waals surface area contributed by atoms with Crippen LogP contribution in [0.25, 0.3) is 0 Å². The van der Waals surface area contributed by atoms with Gasteiger partial charge in [0.2, 0.25) is 0 Å². The highest BCUT2D eigenvalue weighted by Gasteiger charge is 2.15. The third kappa shape index (κ3) is 2.04. The molecule has 2 N–H and O–H groups in total. The number of pyridine rings is 1. The predicted molar refractivity (Wildman–Crippen MR) is 58.7 cm³/mol. The molecule has 1 aliphatic rings. The number of aromatic nitrogens is 1. The van der Waals surface area contributed by atoms with E-state index in [0.29, 0.717) is 5.69 Å². The van der Waals surface area contributed by atoms with E-state index < -0.39 is 10.8 Å². The van der Waals surface area contributed by atoms with Gasteiger partial charge in [0.15, 0.2) is 0 Å². The minimum Gasteiger partial charge on any atom is -0.397 e. The zero-order valence-corrected chi connectivity index (χ0v) is 8.67. The van der Waals surface area contributed by atoms with Gasteiger partial charge in [0.25, 0.3) is 0 Å². The van der Waals surface area contributed by atoms with Gasteiger partial charge in [-0.15, -0.1) is 0 Å². The molecule has 0 aromatic carbocycles. The second-order valence-electron chi connectivity index (χ2n) is 3.28. The van der Waals surface area contributed by atoms with Crippen LogP contribution >= 0.6 is 0 Å². The van der Waals surface area contributed by atoms with Crippen molar-refractivity contribution in [3.8, 4) is 0 Å². The normalized spacial score (nSPS) is 18.4. The van der Waals surface area contributed by atoms with Crippen molar-refractivity contribution in [3.63, 3.8) is 0 Å². The molecule has 0 aliphatic carbocycles. The standard InChI is InChI=1S/C9H13N3OS/c10-8-1-2-9(11-7-8)12-3-5-14(13)6-4-12/h1-2,7H,3-6,10H2. The summed E-state index contributed by atoms with van der Waals surface area (Å²) in [7, 11) is -0.633. The molecular formula is C9H13N3OS. The lowest BCUT2D eigenvalue weighted by atomic mass is 10.4. The Morgan fingerprint density at radius 3 is 2.64 bits per heavy atom. The summed E-state index contributed by atoms with van der Waals surface area (Å²) in [6.07, 6.45) is 1.65. The molecule has 0 unspecified atom stereocenters. The molecule has 4 nitrogen and oxygen atoms in total. The molecule has 1 fully saturated rings. The second kappa shape index (κ2) is 3.96. The summed E-state index contributed by atoms with van der Waals surface area (Å²) in [4.78, 5) is 6.37. The van der Waals surface area contributed by atoms with Crippen LogP contribution in [0.2, 0.25) is 0 Å². The first-order valence-corrected chi connectivity index (χ1v) is 6.06. The van der Waals surface area contributed by atoms with E-state index in [9.17, 15) is 4.21 Å². The van der Waals surface area contributed by atoms with Crippen LogP contribution in [-0.4, -0.2) is 33.8 Å². The topological polar surface area (TPSA) is 59.2 Å². The van der Waals surface area contributed by atoms with E-state index in [4.69, 9.17) is 5.73 Å². The molecule has 1 aromatic rings. The van der Waals surface area contributed by atoms with E-state index in [1.165, 1.54) is 0 Å². The van der Waals surface area contributed by atoms with Gasteiger partial charge in [-0.05, 0) is 12.1 Å². The fourth-order valence-electron chi connectivity index (χ4n) is 1.45. The van der Waals surface area contributed by atoms with Crippen molar-refractivity contribution in [2.75, 3.05) is 35.2 Å². The van der Waals surface area contributed by atoms with Crippen molar-refractivity contribution < 1.29 is 4.21 Å². The maximum absolute atomic E-state index is 11.1. The minimum absolute atomic E-state index is 0.633. The van der Waals surface area contributed by atoms with Crippen LogP contribution in [0.15, 0.2) is 18.3 Å². The first kappa shape index (κ1) is 9.45. The molecule has 0 radical (unpaired) electrons. The molecule has 2 heterocycles. The average Bonchev–Trinajstić information content (AvgIpc) is 2.21. The van der Waals surface area contributed by atoms with E-state index in [2.05, 4.69) is 9.88 Å². The molecule has 0 bridgehead atoms. The number of nitrogens with two attached hydrogens (primary N) is 1. The van der Waals surface area contributed by atoms with Crippen LogP contribution in [0.5, 0.6) is 0 Å². The van der Waals surface area contributed by atoms with Gasteiger partial charge in [0.1, 0.15) is 5.82 Å². The number of nitrogens with zero attached hydrogens (tertiary/aromatic N) is 2. The molecule has 0 saturated carbocycles. The van der Waals surface area contributed by atoms with Crippen molar-refractivity contribution in [2.24, 2.45) is 0 Å². The van der Waals surface area contributed by atoms with Gasteiger partial charge in [-0.1, -0.05) is 0 Å². The second-order valence-corrected chi connectivity index (χ2v) is 4.98. The van der Waals surface area contributed by atoms with Crippen molar-refractivity contribution in [1.82, 2.24) is 4.98 Å². The van der Waals surface area contributed by atoms with E-state index >= 15 is 0 Å². The summed E-state index contributed by atoms with van der Waals surface area (Å²) in [5.74, 6) is 2.41. The van der Waals surface area contributed by atoms with Crippen LogP contribution in [0.4, 0.5) is 11.5 Å². The summed E-state index contributed by atoms with van der Waals surface area (Å²) in [6.45, 7) is 1.65. The van der Waals surface area contributed by atoms with E-state index in [1.807, 2.05) is 12.1 Å². The smallest absolute Gasteiger partial charge is 0.128 e. The molecule has 2 rings (SSSR count). The summed E-state index contributed by atoms with van der Waals surface area (Å²) in [5.41, 5.74) is 6.22. The fourth-order valence-corrected chi connectivity index (χ4v) is 2.50. The minimum atomic E-state index is -0.633. The van der Waals surface area contributed by atoms with Crippen LogP contribution in [-0.2, 0) is 10.8 Å². The van der Waals surface area contributed by atoms with Gasteiger partial charge in [-0.2, -0.15) is 0 Å². The molecule has 0 atom stereocenters. The lowest BCUT2D eigenvalue weighted by Crippen LogP contribution is -2.38. The van der Waals surface area contributed by atoms with Crippen LogP contribution < -0.4 is 10.6 Å². The predicted octanol–water partition coefficient (Wildman–Crippen LogP) is 0.232. The third-order valence-corrected chi connectivity index (χ3v) is 3.55. The summed E-state index contributed by atoms with van der Waals surface area (Å²) in [6, 6.07) is 3.75. The highest BCUT2D eigenvalue weighted by molar-refractivity contribution is 7.85. The van der Waals surface area contributed by atoms with Gasteiger partial charge in [-0.25, -0.2) is 4.98 Å². The molecule has 0 spiro atoms. The number of rotatable bonds is 1. The molecule has 1 aromatic heterocycles. The number of nitrogen functional groups attached to an aromatic ring is 1. The van der Waals surface area contributed by atoms with Crippen LogP contribution in [0.1, 0.15) is 0 Å². The number of hydrogen-bond donors (Lipinski definition) is 1. The van der Waals surface area contributed by atoms with Crippen molar-refractivity contribution >= 4 is 22.3 Å². The lowest BCUT2D eigenvalue weighted by molar-refractivity contribution is 0.672. The van der Waals surface area contributed by atoms with Crippen molar-refractivity contribution in [3.05, 3.63) is 18.3 Å². The maximum Gasteiger partial charge on any atom is 0.128 e. The van der Waals surface area contributed by atoms with Crippen molar-refractivity contribution in [2.45, 2.75) is 0 Å². The zero-order chi connectivity index (χ0) is 9.97. The summed E-state index contributed by atoms with van der Waals surface area (Å²) in [5, 5.41) is 0. The largest absolute Gasteiger partial charge is 0.397 e. The fraction of sp³-hybridized carbons (Fsp3) is 0.444. The zero-order valence-electron chi connectivity index (χ0n) is 7.85. The van der Waals surface area contributed by atoms with E-state index in [0.717, 1.165) is 30.4 Å². The molecular weight excluding hydrogens is 198 g/mol. The Kier molecular flexibility index (Phi) is 2.67. The lowest BCUT2D eigenvalue weighted by Gasteiger charge is -2.27. The van der Waals surface area contributed by atoms with E-state index in [1.54, 1.807) is 6.20 Å². The monoisotopic (exact) mass is 211 g/mol. The Balaban J connectivity index is 2.08. The molecule has 5 heteroatoms. The number of hydrogen-bond acceptors (Lipinski definition) is 4. The van der Waals surface area contributed by atoms with Crippen molar-refractivity contribution in [1.29, 1.82) is 0 Å². The van der Waals surface area contributed by atoms with Gasteiger partial charge >= 0.3 is 0 Å². The Labute approximate surface area is 85.6 Å². The summed E-state index contributed by atoms with van der Waals surface area (Å²) < 4.78 is 11.1. The van der Waals surface area contributed by atoms with Gasteiger partial charge < -0.3 is 10.6 Å². The molecule has 14 heavy (non-hydrogen) atoms. The highest BCUT2D eigenvalue weighted by Crippen LogP contribution is 2.14. The average molecular weight is 211 g/mol. The summed E-state index contributed by atoms with van der Waals surface area (Å²) >= 11 is 0.